The smallest absolute Gasteiger partial charge is 0.416 e. The van der Waals surface area contributed by atoms with Crippen LogP contribution in [0.15, 0.2) is 70.5 Å². The van der Waals surface area contributed by atoms with Gasteiger partial charge in [-0.15, -0.1) is 0 Å². The van der Waals surface area contributed by atoms with Gasteiger partial charge in [0.15, 0.2) is 0 Å². The van der Waals surface area contributed by atoms with Gasteiger partial charge in [0.05, 0.1) is 17.6 Å². The number of hydrogen-bond acceptors (Lipinski definition) is 5. The van der Waals surface area contributed by atoms with Gasteiger partial charge in [-0.3, -0.25) is 0 Å². The maximum absolute atomic E-state index is 13.6. The summed E-state index contributed by atoms with van der Waals surface area (Å²) < 4.78 is 71.5. The Hall–Kier alpha value is -3.04. The van der Waals surface area contributed by atoms with Crippen molar-refractivity contribution in [2.24, 2.45) is 0 Å². The van der Waals surface area contributed by atoms with Crippen LogP contribution in [0.5, 0.6) is 5.75 Å². The molecule has 2 aliphatic rings. The van der Waals surface area contributed by atoms with Gasteiger partial charge in [-0.2, -0.15) is 13.2 Å². The number of methoxy groups -OCH3 is 1. The highest BCUT2D eigenvalue weighted by atomic mass is 32.2. The SMILES string of the molecule is COc1cc2c(cc1S(=O)(=O)c1ccc(N3CCC(c4ccc(C(F)(F)F)cc4)CC3)cc1)CCN(C)CC2. The molecule has 39 heavy (non-hydrogen) atoms. The number of piperidine rings is 1. The minimum absolute atomic E-state index is 0.193. The van der Waals surface area contributed by atoms with Crippen LogP contribution in [0.1, 0.15) is 41.0 Å². The topological polar surface area (TPSA) is 49.9 Å². The Morgan fingerprint density at radius 3 is 2.00 bits per heavy atom. The van der Waals surface area contributed by atoms with Crippen molar-refractivity contribution >= 4 is 15.5 Å². The predicted octanol–water partition coefficient (Wildman–Crippen LogP) is 5.96. The fraction of sp³-hybridized carbons (Fsp3) is 0.400. The summed E-state index contributed by atoms with van der Waals surface area (Å²) >= 11 is 0. The summed E-state index contributed by atoms with van der Waals surface area (Å²) in [4.78, 5) is 4.84. The van der Waals surface area contributed by atoms with Crippen LogP contribution in [0.25, 0.3) is 0 Å². The van der Waals surface area contributed by atoms with E-state index in [0.29, 0.717) is 5.75 Å². The lowest BCUT2D eigenvalue weighted by molar-refractivity contribution is -0.137. The lowest BCUT2D eigenvalue weighted by atomic mass is 9.89. The summed E-state index contributed by atoms with van der Waals surface area (Å²) in [7, 11) is -0.214. The van der Waals surface area contributed by atoms with Gasteiger partial charge in [0, 0.05) is 31.9 Å². The number of anilines is 1. The van der Waals surface area contributed by atoms with Crippen LogP contribution in [0.4, 0.5) is 18.9 Å². The molecule has 0 aromatic heterocycles. The number of halogens is 3. The van der Waals surface area contributed by atoms with E-state index in [9.17, 15) is 21.6 Å². The molecule has 2 heterocycles. The van der Waals surface area contributed by atoms with Gasteiger partial charge < -0.3 is 14.5 Å². The molecular weight excluding hydrogens is 525 g/mol. The van der Waals surface area contributed by atoms with Crippen molar-refractivity contribution in [3.05, 3.63) is 82.9 Å². The molecule has 0 unspecified atom stereocenters. The maximum Gasteiger partial charge on any atom is 0.416 e. The van der Waals surface area contributed by atoms with Gasteiger partial charge in [0.2, 0.25) is 9.84 Å². The molecule has 2 aliphatic heterocycles. The molecule has 0 bridgehead atoms. The van der Waals surface area contributed by atoms with Crippen molar-refractivity contribution in [3.63, 3.8) is 0 Å². The van der Waals surface area contributed by atoms with Gasteiger partial charge in [0.1, 0.15) is 10.6 Å². The number of fused-ring (bicyclic) bond motifs is 1. The zero-order valence-corrected chi connectivity index (χ0v) is 23.0. The van der Waals surface area contributed by atoms with Crippen LogP contribution in [0.2, 0.25) is 0 Å². The highest BCUT2D eigenvalue weighted by Gasteiger charge is 2.31. The molecule has 208 valence electrons. The number of ether oxygens (including phenoxy) is 1. The van der Waals surface area contributed by atoms with E-state index in [1.807, 2.05) is 18.2 Å². The Morgan fingerprint density at radius 1 is 0.846 bits per heavy atom. The van der Waals surface area contributed by atoms with E-state index >= 15 is 0 Å². The molecule has 0 saturated carbocycles. The standard InChI is InChI=1S/C30H33F3N2O3S/c1-34-15-11-23-19-28(38-2)29(20-24(23)12-16-34)39(36,37)27-9-7-26(8-10-27)35-17-13-22(14-18-35)21-3-5-25(6-4-21)30(31,32)33/h3-10,19-20,22H,11-18H2,1-2H3. The third-order valence-electron chi connectivity index (χ3n) is 8.02. The van der Waals surface area contributed by atoms with Crippen molar-refractivity contribution in [2.45, 2.75) is 47.6 Å². The maximum atomic E-state index is 13.6. The van der Waals surface area contributed by atoms with Crippen molar-refractivity contribution in [3.8, 4) is 5.75 Å². The van der Waals surface area contributed by atoms with E-state index < -0.39 is 21.6 Å². The van der Waals surface area contributed by atoms with Gasteiger partial charge in [0.25, 0.3) is 0 Å². The minimum atomic E-state index is -4.33. The predicted molar refractivity (Wildman–Crippen MR) is 145 cm³/mol. The van der Waals surface area contributed by atoms with Crippen LogP contribution in [-0.4, -0.2) is 53.7 Å². The molecule has 0 spiro atoms. The normalized spacial score (nSPS) is 17.5. The van der Waals surface area contributed by atoms with Gasteiger partial charge in [-0.05, 0) is 104 Å². The third kappa shape index (κ3) is 5.79. The second-order valence-electron chi connectivity index (χ2n) is 10.5. The average Bonchev–Trinajstić information content (AvgIpc) is 3.13. The van der Waals surface area contributed by atoms with Crippen LogP contribution >= 0.6 is 0 Å². The van der Waals surface area contributed by atoms with E-state index in [0.717, 1.165) is 86.4 Å². The molecule has 0 atom stereocenters. The molecule has 0 radical (unpaired) electrons. The number of rotatable bonds is 5. The number of likely N-dealkylation sites (N-methyl/N-ethyl adjacent to an activating group) is 1. The highest BCUT2D eigenvalue weighted by Crippen LogP contribution is 2.36. The molecule has 1 saturated heterocycles. The summed E-state index contributed by atoms with van der Waals surface area (Å²) in [5.41, 5.74) is 3.40. The first-order chi connectivity index (χ1) is 18.6. The molecule has 9 heteroatoms. The Balaban J connectivity index is 1.29. The van der Waals surface area contributed by atoms with E-state index in [-0.39, 0.29) is 15.7 Å². The first-order valence-corrected chi connectivity index (χ1v) is 14.7. The summed E-state index contributed by atoms with van der Waals surface area (Å²) in [5.74, 6) is 0.566. The number of sulfone groups is 1. The van der Waals surface area contributed by atoms with Gasteiger partial charge in [-0.1, -0.05) is 12.1 Å². The molecular formula is C30H33F3N2O3S. The zero-order valence-electron chi connectivity index (χ0n) is 22.2. The lowest BCUT2D eigenvalue weighted by Crippen LogP contribution is -2.32. The fourth-order valence-corrected chi connectivity index (χ4v) is 7.04. The van der Waals surface area contributed by atoms with E-state index in [1.54, 1.807) is 30.3 Å². The van der Waals surface area contributed by atoms with Gasteiger partial charge in [-0.25, -0.2) is 8.42 Å². The molecule has 1 fully saturated rings. The second kappa shape index (κ2) is 10.8. The van der Waals surface area contributed by atoms with E-state index in [2.05, 4.69) is 16.8 Å². The molecule has 3 aromatic rings. The molecule has 0 amide bonds. The van der Waals surface area contributed by atoms with E-state index in [4.69, 9.17) is 4.74 Å². The fourth-order valence-electron chi connectivity index (χ4n) is 5.59. The molecule has 3 aromatic carbocycles. The third-order valence-corrected chi connectivity index (χ3v) is 9.81. The lowest BCUT2D eigenvalue weighted by Gasteiger charge is -2.34. The molecule has 5 nitrogen and oxygen atoms in total. The molecule has 0 aliphatic carbocycles. The first-order valence-electron chi connectivity index (χ1n) is 13.2. The monoisotopic (exact) mass is 558 g/mol. The summed E-state index contributed by atoms with van der Waals surface area (Å²) in [5, 5.41) is 0. The highest BCUT2D eigenvalue weighted by molar-refractivity contribution is 7.91. The van der Waals surface area contributed by atoms with Crippen LogP contribution in [0.3, 0.4) is 0 Å². The number of nitrogens with zero attached hydrogens (tertiary/aromatic N) is 2. The van der Waals surface area contributed by atoms with Crippen molar-refractivity contribution in [1.29, 1.82) is 0 Å². The molecule has 5 rings (SSSR count). The van der Waals surface area contributed by atoms with Crippen molar-refractivity contribution < 1.29 is 26.3 Å². The summed E-state index contributed by atoms with van der Waals surface area (Å²) in [6, 6.07) is 16.1. The second-order valence-corrected chi connectivity index (χ2v) is 12.4. The van der Waals surface area contributed by atoms with E-state index in [1.165, 1.54) is 7.11 Å². The zero-order chi connectivity index (χ0) is 27.8. The summed E-state index contributed by atoms with van der Waals surface area (Å²) in [6.45, 7) is 3.28. The number of hydrogen-bond donors (Lipinski definition) is 0. The summed E-state index contributed by atoms with van der Waals surface area (Å²) in [6.07, 6.45) is -1.06. The van der Waals surface area contributed by atoms with Crippen molar-refractivity contribution in [1.82, 2.24) is 4.90 Å². The Bertz CT molecular complexity index is 1410. The minimum Gasteiger partial charge on any atom is -0.495 e. The largest absolute Gasteiger partial charge is 0.495 e. The van der Waals surface area contributed by atoms with Crippen LogP contribution in [-0.2, 0) is 28.9 Å². The molecule has 0 N–H and O–H groups in total. The van der Waals surface area contributed by atoms with Crippen LogP contribution in [0, 0.1) is 0 Å². The number of alkyl halides is 3. The Kier molecular flexibility index (Phi) is 7.66. The van der Waals surface area contributed by atoms with Gasteiger partial charge >= 0.3 is 6.18 Å². The average molecular weight is 559 g/mol. The van der Waals surface area contributed by atoms with Crippen molar-refractivity contribution in [2.75, 3.05) is 45.2 Å². The first kappa shape index (κ1) is 27.5. The number of benzene rings is 3. The Labute approximate surface area is 228 Å². The Morgan fingerprint density at radius 2 is 1.44 bits per heavy atom. The van der Waals surface area contributed by atoms with Crippen LogP contribution < -0.4 is 9.64 Å². The quantitative estimate of drug-likeness (QED) is 0.387.